The van der Waals surface area contributed by atoms with Crippen LogP contribution < -0.4 is 0 Å². The molecule has 1 aliphatic heterocycles. The van der Waals surface area contributed by atoms with Crippen molar-refractivity contribution < 1.29 is 17.3 Å². The van der Waals surface area contributed by atoms with Crippen molar-refractivity contribution in [1.82, 2.24) is 9.78 Å². The number of ether oxygens (including phenoxy) is 1. The van der Waals surface area contributed by atoms with Gasteiger partial charge in [-0.1, -0.05) is 30.3 Å². The van der Waals surface area contributed by atoms with Gasteiger partial charge >= 0.3 is 0 Å². The van der Waals surface area contributed by atoms with Crippen molar-refractivity contribution in [2.24, 2.45) is 0 Å². The highest BCUT2D eigenvalue weighted by molar-refractivity contribution is 9.10. The average Bonchev–Trinajstić information content (AvgIpc) is 2.87. The van der Waals surface area contributed by atoms with Gasteiger partial charge in [-0.2, -0.15) is 13.5 Å². The molecule has 2 unspecified atom stereocenters. The first-order valence-electron chi connectivity index (χ1n) is 7.68. The molecule has 1 fully saturated rings. The van der Waals surface area contributed by atoms with Gasteiger partial charge in [0.2, 0.25) is 0 Å². The number of rotatable bonds is 5. The smallest absolute Gasteiger partial charge is 0.264 e. The van der Waals surface area contributed by atoms with Gasteiger partial charge in [-0.15, -0.1) is 0 Å². The second kappa shape index (κ2) is 7.35. The lowest BCUT2D eigenvalue weighted by atomic mass is 10.0. The fraction of sp³-hybridized carbons (Fsp3) is 0.438. The fourth-order valence-electron chi connectivity index (χ4n) is 2.85. The summed E-state index contributed by atoms with van der Waals surface area (Å²) in [7, 11) is -3.47. The summed E-state index contributed by atoms with van der Waals surface area (Å²) >= 11 is 3.41. The fourth-order valence-corrected chi connectivity index (χ4v) is 3.94. The SMILES string of the molecule is CS(=O)(=O)OC1CCOC(c2cc(Br)nn2Cc2ccccc2)C1. The largest absolute Gasteiger partial charge is 0.372 e. The second-order valence-corrected chi connectivity index (χ2v) is 8.25. The van der Waals surface area contributed by atoms with Crippen LogP contribution in [-0.4, -0.2) is 37.2 Å². The molecule has 0 bridgehead atoms. The van der Waals surface area contributed by atoms with E-state index in [2.05, 4.69) is 21.0 Å². The molecule has 2 heterocycles. The molecule has 1 aromatic carbocycles. The van der Waals surface area contributed by atoms with E-state index in [0.717, 1.165) is 22.1 Å². The first kappa shape index (κ1) is 17.6. The predicted molar refractivity (Wildman–Crippen MR) is 93.1 cm³/mol. The Balaban J connectivity index is 1.79. The van der Waals surface area contributed by atoms with Crippen LogP contribution in [0.5, 0.6) is 0 Å². The number of halogens is 1. The molecular formula is C16H19BrN2O4S. The summed E-state index contributed by atoms with van der Waals surface area (Å²) in [5, 5.41) is 4.48. The van der Waals surface area contributed by atoms with E-state index < -0.39 is 10.1 Å². The maximum absolute atomic E-state index is 11.4. The summed E-state index contributed by atoms with van der Waals surface area (Å²) in [5.74, 6) is 0. The maximum atomic E-state index is 11.4. The molecule has 0 radical (unpaired) electrons. The summed E-state index contributed by atoms with van der Waals surface area (Å²) in [6.45, 7) is 1.08. The zero-order valence-corrected chi connectivity index (χ0v) is 15.7. The molecule has 6 nitrogen and oxygen atoms in total. The van der Waals surface area contributed by atoms with Gasteiger partial charge in [0.1, 0.15) is 10.7 Å². The van der Waals surface area contributed by atoms with Gasteiger partial charge in [-0.3, -0.25) is 8.86 Å². The van der Waals surface area contributed by atoms with E-state index in [0.29, 0.717) is 26.0 Å². The summed E-state index contributed by atoms with van der Waals surface area (Å²) in [4.78, 5) is 0. The van der Waals surface area contributed by atoms with Crippen molar-refractivity contribution in [3.8, 4) is 0 Å². The van der Waals surface area contributed by atoms with Crippen LogP contribution in [0.4, 0.5) is 0 Å². The van der Waals surface area contributed by atoms with E-state index in [-0.39, 0.29) is 12.2 Å². The minimum absolute atomic E-state index is 0.243. The van der Waals surface area contributed by atoms with Gasteiger partial charge in [0.25, 0.3) is 10.1 Å². The first-order valence-corrected chi connectivity index (χ1v) is 10.3. The molecule has 2 atom stereocenters. The molecule has 1 aliphatic rings. The van der Waals surface area contributed by atoms with Crippen molar-refractivity contribution in [2.45, 2.75) is 31.6 Å². The molecule has 0 saturated carbocycles. The van der Waals surface area contributed by atoms with E-state index in [9.17, 15) is 8.42 Å². The van der Waals surface area contributed by atoms with Gasteiger partial charge in [-0.25, -0.2) is 0 Å². The maximum Gasteiger partial charge on any atom is 0.264 e. The van der Waals surface area contributed by atoms with Crippen LogP contribution in [0.15, 0.2) is 41.0 Å². The highest BCUT2D eigenvalue weighted by atomic mass is 79.9. The van der Waals surface area contributed by atoms with Crippen molar-refractivity contribution in [1.29, 1.82) is 0 Å². The van der Waals surface area contributed by atoms with Crippen LogP contribution in [0, 0.1) is 0 Å². The second-order valence-electron chi connectivity index (χ2n) is 5.84. The third kappa shape index (κ3) is 4.66. The zero-order valence-electron chi connectivity index (χ0n) is 13.3. The van der Waals surface area contributed by atoms with Crippen molar-refractivity contribution in [3.05, 3.63) is 52.3 Å². The lowest BCUT2D eigenvalue weighted by Gasteiger charge is -2.29. The number of aromatic nitrogens is 2. The summed E-state index contributed by atoms with van der Waals surface area (Å²) in [5.41, 5.74) is 2.04. The standard InChI is InChI=1S/C16H19BrN2O4S/c1-24(20,21)23-13-7-8-22-15(9-13)14-10-16(17)18-19(14)11-12-5-3-2-4-6-12/h2-6,10,13,15H,7-9,11H2,1H3. The Morgan fingerprint density at radius 1 is 1.38 bits per heavy atom. The van der Waals surface area contributed by atoms with Gasteiger partial charge in [0.15, 0.2) is 0 Å². The van der Waals surface area contributed by atoms with Gasteiger partial charge < -0.3 is 4.74 Å². The predicted octanol–water partition coefficient (Wildman–Crippen LogP) is 2.89. The Morgan fingerprint density at radius 3 is 2.83 bits per heavy atom. The van der Waals surface area contributed by atoms with E-state index in [1.54, 1.807) is 0 Å². The van der Waals surface area contributed by atoms with Crippen LogP contribution in [0.2, 0.25) is 0 Å². The molecule has 8 heteroatoms. The Hall–Kier alpha value is -1.22. The Labute approximate surface area is 150 Å². The number of nitrogens with zero attached hydrogens (tertiary/aromatic N) is 2. The Bertz CT molecular complexity index is 792. The van der Waals surface area contributed by atoms with Gasteiger partial charge in [0, 0.05) is 13.0 Å². The summed E-state index contributed by atoms with van der Waals surface area (Å²) in [6, 6.07) is 11.9. The minimum atomic E-state index is -3.47. The van der Waals surface area contributed by atoms with Crippen LogP contribution >= 0.6 is 15.9 Å². The third-order valence-electron chi connectivity index (χ3n) is 3.83. The number of hydrogen-bond donors (Lipinski definition) is 0. The number of hydrogen-bond acceptors (Lipinski definition) is 5. The van der Waals surface area contributed by atoms with E-state index in [1.165, 1.54) is 0 Å². The molecule has 24 heavy (non-hydrogen) atoms. The third-order valence-corrected chi connectivity index (χ3v) is 4.84. The topological polar surface area (TPSA) is 70.4 Å². The van der Waals surface area contributed by atoms with Crippen LogP contribution in [-0.2, 0) is 25.6 Å². The monoisotopic (exact) mass is 414 g/mol. The molecule has 3 rings (SSSR count). The molecule has 1 aromatic heterocycles. The summed E-state index contributed by atoms with van der Waals surface area (Å²) < 4.78 is 36.3. The van der Waals surface area contributed by atoms with Crippen molar-refractivity contribution in [2.75, 3.05) is 12.9 Å². The van der Waals surface area contributed by atoms with Crippen LogP contribution in [0.25, 0.3) is 0 Å². The zero-order chi connectivity index (χ0) is 17.2. The molecule has 2 aromatic rings. The molecule has 0 spiro atoms. The van der Waals surface area contributed by atoms with Crippen LogP contribution in [0.3, 0.4) is 0 Å². The van der Waals surface area contributed by atoms with E-state index >= 15 is 0 Å². The first-order chi connectivity index (χ1) is 11.4. The Morgan fingerprint density at radius 2 is 2.12 bits per heavy atom. The normalized spacial score (nSPS) is 21.8. The van der Waals surface area contributed by atoms with Crippen molar-refractivity contribution >= 4 is 26.0 Å². The van der Waals surface area contributed by atoms with Crippen LogP contribution in [0.1, 0.15) is 30.2 Å². The van der Waals surface area contributed by atoms with E-state index in [1.807, 2.05) is 41.1 Å². The Kier molecular flexibility index (Phi) is 5.39. The minimum Gasteiger partial charge on any atom is -0.372 e. The molecule has 1 saturated heterocycles. The number of benzene rings is 1. The quantitative estimate of drug-likeness (QED) is 0.703. The molecule has 0 aliphatic carbocycles. The average molecular weight is 415 g/mol. The molecule has 130 valence electrons. The lowest BCUT2D eigenvalue weighted by Crippen LogP contribution is -2.29. The van der Waals surface area contributed by atoms with Gasteiger partial charge in [-0.05, 0) is 34.0 Å². The van der Waals surface area contributed by atoms with Gasteiger partial charge in [0.05, 0.1) is 24.6 Å². The highest BCUT2D eigenvalue weighted by Gasteiger charge is 2.29. The highest BCUT2D eigenvalue weighted by Crippen LogP contribution is 2.32. The molecule has 0 N–H and O–H groups in total. The summed E-state index contributed by atoms with van der Waals surface area (Å²) in [6.07, 6.45) is 1.52. The van der Waals surface area contributed by atoms with Crippen molar-refractivity contribution in [3.63, 3.8) is 0 Å². The van der Waals surface area contributed by atoms with E-state index in [4.69, 9.17) is 8.92 Å². The lowest BCUT2D eigenvalue weighted by molar-refractivity contribution is -0.0380. The molecular weight excluding hydrogens is 396 g/mol. The molecule has 0 amide bonds.